The minimum Gasteiger partial charge on any atom is -0.483 e. The van der Waals surface area contributed by atoms with Crippen LogP contribution in [0.3, 0.4) is 0 Å². The fourth-order valence-electron chi connectivity index (χ4n) is 3.56. The lowest BCUT2D eigenvalue weighted by Gasteiger charge is -2.31. The summed E-state index contributed by atoms with van der Waals surface area (Å²) in [4.78, 5) is 26.5. The molecule has 1 aliphatic heterocycles. The van der Waals surface area contributed by atoms with Crippen molar-refractivity contribution in [1.29, 1.82) is 0 Å². The average molecular weight is 380 g/mol. The first-order valence-corrected chi connectivity index (χ1v) is 9.77. The fourth-order valence-corrected chi connectivity index (χ4v) is 3.56. The summed E-state index contributed by atoms with van der Waals surface area (Å²) in [6.45, 7) is 8.81. The summed E-state index contributed by atoms with van der Waals surface area (Å²) in [6, 6.07) is 11.6. The SMILES string of the molecule is Cc1cccc(C)c1OCC(=O)Nc1ccc2c(c1)CCC(=O)N2CC(C)C. The van der Waals surface area contributed by atoms with E-state index < -0.39 is 0 Å². The van der Waals surface area contributed by atoms with Crippen molar-refractivity contribution in [3.8, 4) is 5.75 Å². The molecule has 0 spiro atoms. The molecule has 0 unspecified atom stereocenters. The van der Waals surface area contributed by atoms with E-state index in [0.29, 0.717) is 25.3 Å². The Bertz CT molecular complexity index is 869. The van der Waals surface area contributed by atoms with E-state index in [9.17, 15) is 9.59 Å². The van der Waals surface area contributed by atoms with Crippen molar-refractivity contribution in [1.82, 2.24) is 0 Å². The fraction of sp³-hybridized carbons (Fsp3) is 0.391. The molecular formula is C23H28N2O3. The van der Waals surface area contributed by atoms with Gasteiger partial charge in [0.05, 0.1) is 0 Å². The van der Waals surface area contributed by atoms with Gasteiger partial charge in [-0.05, 0) is 61.1 Å². The summed E-state index contributed by atoms with van der Waals surface area (Å²) in [5.41, 5.74) is 4.80. The van der Waals surface area contributed by atoms with Crippen LogP contribution >= 0.6 is 0 Å². The standard InChI is InChI=1S/C23H28N2O3/c1-15(2)13-25-20-10-9-19(12-18(20)8-11-22(25)27)24-21(26)14-28-23-16(3)6-5-7-17(23)4/h5-7,9-10,12,15H,8,11,13-14H2,1-4H3,(H,24,26). The molecule has 0 saturated carbocycles. The zero-order valence-corrected chi connectivity index (χ0v) is 17.0. The van der Waals surface area contributed by atoms with Crippen LogP contribution in [0.4, 0.5) is 11.4 Å². The molecule has 0 aromatic heterocycles. The van der Waals surface area contributed by atoms with E-state index in [2.05, 4.69) is 19.2 Å². The molecule has 5 heteroatoms. The first kappa shape index (κ1) is 19.9. The molecule has 1 N–H and O–H groups in total. The smallest absolute Gasteiger partial charge is 0.262 e. The lowest BCUT2D eigenvalue weighted by Crippen LogP contribution is -2.37. The Morgan fingerprint density at radius 3 is 2.54 bits per heavy atom. The van der Waals surface area contributed by atoms with Gasteiger partial charge in [-0.25, -0.2) is 0 Å². The van der Waals surface area contributed by atoms with E-state index in [4.69, 9.17) is 4.74 Å². The molecule has 148 valence electrons. The Hall–Kier alpha value is -2.82. The third-order valence-corrected chi connectivity index (χ3v) is 4.87. The van der Waals surface area contributed by atoms with Gasteiger partial charge in [-0.1, -0.05) is 32.0 Å². The van der Waals surface area contributed by atoms with E-state index in [1.165, 1.54) is 0 Å². The Morgan fingerprint density at radius 1 is 1.14 bits per heavy atom. The van der Waals surface area contributed by atoms with Crippen LogP contribution < -0.4 is 15.0 Å². The number of benzene rings is 2. The van der Waals surface area contributed by atoms with Crippen LogP contribution in [-0.2, 0) is 16.0 Å². The van der Waals surface area contributed by atoms with Gasteiger partial charge < -0.3 is 15.0 Å². The number of hydrogen-bond donors (Lipinski definition) is 1. The molecule has 0 aliphatic carbocycles. The predicted molar refractivity (Wildman–Crippen MR) is 112 cm³/mol. The van der Waals surface area contributed by atoms with Gasteiger partial charge in [-0.2, -0.15) is 0 Å². The van der Waals surface area contributed by atoms with Crippen LogP contribution in [0.15, 0.2) is 36.4 Å². The highest BCUT2D eigenvalue weighted by Crippen LogP contribution is 2.31. The number of nitrogens with zero attached hydrogens (tertiary/aromatic N) is 1. The van der Waals surface area contributed by atoms with Crippen LogP contribution in [0.2, 0.25) is 0 Å². The van der Waals surface area contributed by atoms with Crippen LogP contribution in [0.1, 0.15) is 37.0 Å². The number of aryl methyl sites for hydroxylation is 3. The van der Waals surface area contributed by atoms with Crippen LogP contribution in [0.5, 0.6) is 5.75 Å². The first-order chi connectivity index (χ1) is 13.3. The van der Waals surface area contributed by atoms with Crippen molar-refractivity contribution in [3.05, 3.63) is 53.1 Å². The van der Waals surface area contributed by atoms with Gasteiger partial charge >= 0.3 is 0 Å². The quantitative estimate of drug-likeness (QED) is 0.815. The number of hydrogen-bond acceptors (Lipinski definition) is 3. The predicted octanol–water partition coefficient (Wildman–Crippen LogP) is 4.26. The highest BCUT2D eigenvalue weighted by atomic mass is 16.5. The highest BCUT2D eigenvalue weighted by molar-refractivity contribution is 5.97. The minimum absolute atomic E-state index is 0.0409. The zero-order chi connectivity index (χ0) is 20.3. The van der Waals surface area contributed by atoms with E-state index in [1.54, 1.807) is 0 Å². The van der Waals surface area contributed by atoms with Gasteiger partial charge in [0, 0.05) is 24.3 Å². The van der Waals surface area contributed by atoms with Crippen LogP contribution in [0, 0.1) is 19.8 Å². The zero-order valence-electron chi connectivity index (χ0n) is 17.0. The number of anilines is 2. The number of carbonyl (C=O) groups excluding carboxylic acids is 2. The number of nitrogens with one attached hydrogen (secondary N) is 1. The Labute approximate surface area is 166 Å². The number of carbonyl (C=O) groups is 2. The van der Waals surface area contributed by atoms with Crippen molar-refractivity contribution in [2.45, 2.75) is 40.5 Å². The lowest BCUT2D eigenvalue weighted by molar-refractivity contribution is -0.119. The summed E-state index contributed by atoms with van der Waals surface area (Å²) >= 11 is 0. The molecule has 3 rings (SSSR count). The number of fused-ring (bicyclic) bond motifs is 1. The normalized spacial score (nSPS) is 13.5. The number of ether oxygens (including phenoxy) is 1. The second kappa shape index (κ2) is 8.46. The van der Waals surface area contributed by atoms with Gasteiger partial charge in [0.2, 0.25) is 5.91 Å². The van der Waals surface area contributed by atoms with Gasteiger partial charge in [0.1, 0.15) is 5.75 Å². The Kier molecular flexibility index (Phi) is 6.02. The third kappa shape index (κ3) is 4.53. The number of rotatable bonds is 6. The summed E-state index contributed by atoms with van der Waals surface area (Å²) in [5.74, 6) is 1.12. The minimum atomic E-state index is -0.200. The monoisotopic (exact) mass is 380 g/mol. The molecule has 2 aromatic carbocycles. The van der Waals surface area contributed by atoms with Crippen LogP contribution in [0.25, 0.3) is 0 Å². The molecule has 2 aromatic rings. The molecule has 0 radical (unpaired) electrons. The topological polar surface area (TPSA) is 58.6 Å². The maximum Gasteiger partial charge on any atom is 0.262 e. The largest absolute Gasteiger partial charge is 0.483 e. The molecule has 0 saturated heterocycles. The molecule has 5 nitrogen and oxygen atoms in total. The molecule has 0 atom stereocenters. The van der Waals surface area contributed by atoms with E-state index in [1.807, 2.05) is 55.1 Å². The maximum absolute atomic E-state index is 12.3. The summed E-state index contributed by atoms with van der Waals surface area (Å²) in [7, 11) is 0. The summed E-state index contributed by atoms with van der Waals surface area (Å²) in [6.07, 6.45) is 1.21. The van der Waals surface area contributed by atoms with Crippen molar-refractivity contribution in [2.24, 2.45) is 5.92 Å². The molecule has 1 aliphatic rings. The van der Waals surface area contributed by atoms with Gasteiger partial charge in [0.25, 0.3) is 5.91 Å². The number of amides is 2. The van der Waals surface area contributed by atoms with Crippen molar-refractivity contribution >= 4 is 23.2 Å². The average Bonchev–Trinajstić information content (AvgIpc) is 2.63. The second-order valence-corrected chi connectivity index (χ2v) is 7.80. The third-order valence-electron chi connectivity index (χ3n) is 4.87. The van der Waals surface area contributed by atoms with Crippen LogP contribution in [-0.4, -0.2) is 25.0 Å². The summed E-state index contributed by atoms with van der Waals surface area (Å²) < 4.78 is 5.72. The molecular weight excluding hydrogens is 352 g/mol. The van der Waals surface area contributed by atoms with E-state index in [-0.39, 0.29) is 18.4 Å². The Morgan fingerprint density at radius 2 is 1.86 bits per heavy atom. The lowest BCUT2D eigenvalue weighted by atomic mass is 9.99. The van der Waals surface area contributed by atoms with E-state index >= 15 is 0 Å². The molecule has 0 fully saturated rings. The van der Waals surface area contributed by atoms with Gasteiger partial charge in [-0.3, -0.25) is 9.59 Å². The van der Waals surface area contributed by atoms with E-state index in [0.717, 1.165) is 33.8 Å². The summed E-state index contributed by atoms with van der Waals surface area (Å²) in [5, 5.41) is 2.90. The Balaban J connectivity index is 1.67. The van der Waals surface area contributed by atoms with Crippen molar-refractivity contribution < 1.29 is 14.3 Å². The molecule has 1 heterocycles. The van der Waals surface area contributed by atoms with Gasteiger partial charge in [0.15, 0.2) is 6.61 Å². The second-order valence-electron chi connectivity index (χ2n) is 7.80. The number of para-hydroxylation sites is 1. The van der Waals surface area contributed by atoms with Crippen molar-refractivity contribution in [2.75, 3.05) is 23.4 Å². The molecule has 28 heavy (non-hydrogen) atoms. The molecule has 0 bridgehead atoms. The molecule has 2 amide bonds. The van der Waals surface area contributed by atoms with Gasteiger partial charge in [-0.15, -0.1) is 0 Å². The first-order valence-electron chi connectivity index (χ1n) is 9.77. The van der Waals surface area contributed by atoms with Crippen molar-refractivity contribution in [3.63, 3.8) is 0 Å². The maximum atomic E-state index is 12.3. The highest BCUT2D eigenvalue weighted by Gasteiger charge is 2.25.